The van der Waals surface area contributed by atoms with Crippen LogP contribution in [0.2, 0.25) is 0 Å². The Kier molecular flexibility index (Phi) is 8.37. The Bertz CT molecular complexity index is 1070. The van der Waals surface area contributed by atoms with Crippen LogP contribution in [0.25, 0.3) is 0 Å². The number of carbonyl (C=O) groups is 1. The second-order valence-corrected chi connectivity index (χ2v) is 11.1. The second kappa shape index (κ2) is 10.7. The maximum Gasteiger partial charge on any atom is 0.486 e. The monoisotopic (exact) mass is 534 g/mol. The topological polar surface area (TPSA) is 164 Å². The van der Waals surface area contributed by atoms with Gasteiger partial charge in [-0.3, -0.25) is 20.2 Å². The highest BCUT2D eigenvalue weighted by Gasteiger charge is 2.51. The Morgan fingerprint density at radius 1 is 1.16 bits per heavy atom. The minimum atomic E-state index is -1.21. The molecule has 3 rings (SSSR count). The minimum absolute atomic E-state index is 0.259. The molecule has 5 atom stereocenters. The number of rotatable bonds is 11. The number of non-ortho nitro benzene ring substituents is 2. The molecule has 208 valence electrons. The number of nitrogens with zero attached hydrogens (tertiary/aromatic N) is 2. The third-order valence-electron chi connectivity index (χ3n) is 7.45. The Morgan fingerprint density at radius 2 is 1.68 bits per heavy atom. The van der Waals surface area contributed by atoms with Crippen molar-refractivity contribution >= 4 is 24.5 Å². The van der Waals surface area contributed by atoms with Gasteiger partial charge < -0.3 is 23.9 Å². The van der Waals surface area contributed by atoms with Gasteiger partial charge >= 0.3 is 13.1 Å². The van der Waals surface area contributed by atoms with Gasteiger partial charge in [0.05, 0.1) is 50.5 Å². The van der Waals surface area contributed by atoms with Gasteiger partial charge in [-0.2, -0.15) is 0 Å². The van der Waals surface area contributed by atoms with Crippen LogP contribution in [0.1, 0.15) is 71.7 Å². The Morgan fingerprint density at radius 3 is 2.16 bits per heavy atom. The van der Waals surface area contributed by atoms with Crippen LogP contribution in [0.4, 0.5) is 11.4 Å². The summed E-state index contributed by atoms with van der Waals surface area (Å²) in [6, 6.07) is 2.69. The predicted molar refractivity (Wildman–Crippen MR) is 138 cm³/mol. The first-order valence-corrected chi connectivity index (χ1v) is 12.5. The average molecular weight is 534 g/mol. The van der Waals surface area contributed by atoms with Crippen LogP contribution in [-0.4, -0.2) is 63.2 Å². The van der Waals surface area contributed by atoms with Crippen molar-refractivity contribution < 1.29 is 38.5 Å². The summed E-state index contributed by atoms with van der Waals surface area (Å²) in [5.74, 6) is 0.530. The van der Waals surface area contributed by atoms with Gasteiger partial charge in [0.2, 0.25) is 0 Å². The van der Waals surface area contributed by atoms with Gasteiger partial charge in [-0.25, -0.2) is 4.79 Å². The molecule has 1 aromatic carbocycles. The first-order valence-electron chi connectivity index (χ1n) is 12.5. The van der Waals surface area contributed by atoms with Crippen molar-refractivity contribution in [2.24, 2.45) is 5.92 Å². The van der Waals surface area contributed by atoms with Crippen molar-refractivity contribution in [3.8, 4) is 0 Å². The SMILES string of the molecule is CC[C@H](OC(=O)c1cc([N+](=O)[O-])cc([N+](=O)[O-])c1)[C@@H](C)[C@H]1O[C@@H]1C[C@@](C)(O)/C=C/B1OC(C)(C)C(C)(C)O1. The summed E-state index contributed by atoms with van der Waals surface area (Å²) in [6.07, 6.45) is 1.17. The van der Waals surface area contributed by atoms with Crippen molar-refractivity contribution in [2.45, 2.75) is 96.4 Å². The smallest absolute Gasteiger partial charge is 0.458 e. The molecular weight excluding hydrogens is 499 g/mol. The van der Waals surface area contributed by atoms with Gasteiger partial charge in [-0.05, 0) is 41.0 Å². The predicted octanol–water partition coefficient (Wildman–Crippen LogP) is 4.17. The lowest BCUT2D eigenvalue weighted by atomic mass is 9.85. The van der Waals surface area contributed by atoms with E-state index in [4.69, 9.17) is 18.8 Å². The van der Waals surface area contributed by atoms with Crippen molar-refractivity contribution in [1.29, 1.82) is 0 Å². The molecule has 2 aliphatic heterocycles. The van der Waals surface area contributed by atoms with E-state index in [1.165, 1.54) is 0 Å². The van der Waals surface area contributed by atoms with Gasteiger partial charge in [0, 0.05) is 24.5 Å². The molecule has 1 aromatic rings. The van der Waals surface area contributed by atoms with Gasteiger partial charge in [0.25, 0.3) is 11.4 Å². The fraction of sp³-hybridized carbons (Fsp3) is 0.640. The first-order chi connectivity index (χ1) is 17.5. The number of nitro groups is 2. The van der Waals surface area contributed by atoms with Crippen LogP contribution in [0.3, 0.4) is 0 Å². The second-order valence-electron chi connectivity index (χ2n) is 11.1. The van der Waals surface area contributed by atoms with Crippen LogP contribution in [-0.2, 0) is 18.8 Å². The number of carbonyl (C=O) groups excluding carboxylic acids is 1. The Hall–Kier alpha value is -2.87. The van der Waals surface area contributed by atoms with Gasteiger partial charge in [0.1, 0.15) is 6.10 Å². The normalized spacial score (nSPS) is 25.0. The van der Waals surface area contributed by atoms with E-state index < -0.39 is 57.2 Å². The molecule has 2 aliphatic rings. The standard InChI is InChI=1S/C25H35BN2O10/c1-8-19(36-22(29)16-11-17(27(31)32)13-18(12-16)28(33)34)15(2)21-20(35-21)14-25(7,30)9-10-26-37-23(3,4)24(5,6)38-26/h9-13,15,19-21,30H,8,14H2,1-7H3/b10-9+/t15-,19+,20-,21-,25+/m1/s1. The summed E-state index contributed by atoms with van der Waals surface area (Å²) in [6.45, 7) is 13.1. The number of hydrogen-bond donors (Lipinski definition) is 1. The molecule has 0 aromatic heterocycles. The van der Waals surface area contributed by atoms with E-state index in [2.05, 4.69) is 0 Å². The molecule has 0 bridgehead atoms. The average Bonchev–Trinajstić information content (AvgIpc) is 3.52. The van der Waals surface area contributed by atoms with Crippen LogP contribution in [0, 0.1) is 26.1 Å². The van der Waals surface area contributed by atoms with Crippen LogP contribution < -0.4 is 0 Å². The highest BCUT2D eigenvalue weighted by atomic mass is 16.7. The molecule has 1 N–H and O–H groups in total. The molecule has 2 saturated heterocycles. The molecule has 0 saturated carbocycles. The van der Waals surface area contributed by atoms with Crippen molar-refractivity contribution in [3.05, 3.63) is 56.0 Å². The maximum atomic E-state index is 12.7. The lowest BCUT2D eigenvalue weighted by Crippen LogP contribution is -2.41. The molecule has 2 fully saturated rings. The van der Waals surface area contributed by atoms with Crippen molar-refractivity contribution in [1.82, 2.24) is 0 Å². The lowest BCUT2D eigenvalue weighted by Gasteiger charge is -2.32. The summed E-state index contributed by atoms with van der Waals surface area (Å²) < 4.78 is 23.2. The van der Waals surface area contributed by atoms with E-state index in [-0.39, 0.29) is 23.7 Å². The number of ether oxygens (including phenoxy) is 2. The third-order valence-corrected chi connectivity index (χ3v) is 7.45. The maximum absolute atomic E-state index is 12.7. The van der Waals surface area contributed by atoms with Gasteiger partial charge in [-0.1, -0.05) is 25.9 Å². The number of benzene rings is 1. The molecule has 0 amide bonds. The van der Waals surface area contributed by atoms with E-state index in [9.17, 15) is 30.1 Å². The molecule has 12 nitrogen and oxygen atoms in total. The zero-order valence-corrected chi connectivity index (χ0v) is 22.7. The molecule has 38 heavy (non-hydrogen) atoms. The van der Waals surface area contributed by atoms with Gasteiger partial charge in [0.15, 0.2) is 0 Å². The van der Waals surface area contributed by atoms with E-state index in [0.29, 0.717) is 12.8 Å². The van der Waals surface area contributed by atoms with Crippen LogP contribution in [0.5, 0.6) is 0 Å². The minimum Gasteiger partial charge on any atom is -0.458 e. The molecule has 0 unspecified atom stereocenters. The third kappa shape index (κ3) is 6.76. The zero-order chi connectivity index (χ0) is 28.6. The summed E-state index contributed by atoms with van der Waals surface area (Å²) in [7, 11) is -0.588. The molecular formula is C25H35BN2O10. The fourth-order valence-electron chi connectivity index (χ4n) is 4.42. The van der Waals surface area contributed by atoms with Crippen molar-refractivity contribution in [3.63, 3.8) is 0 Å². The highest BCUT2D eigenvalue weighted by Crippen LogP contribution is 2.40. The summed E-state index contributed by atoms with van der Waals surface area (Å²) in [5.41, 5.74) is -3.61. The largest absolute Gasteiger partial charge is 0.486 e. The fourth-order valence-corrected chi connectivity index (χ4v) is 4.42. The van der Waals surface area contributed by atoms with E-state index >= 15 is 0 Å². The molecule has 0 aliphatic carbocycles. The quantitative estimate of drug-likeness (QED) is 0.143. The molecule has 13 heteroatoms. The lowest BCUT2D eigenvalue weighted by molar-refractivity contribution is -0.394. The number of nitro benzene ring substituents is 2. The summed E-state index contributed by atoms with van der Waals surface area (Å²) in [5, 5.41) is 33.2. The number of aliphatic hydroxyl groups is 1. The highest BCUT2D eigenvalue weighted by molar-refractivity contribution is 6.51. The first kappa shape index (κ1) is 29.7. The van der Waals surface area contributed by atoms with Crippen LogP contribution >= 0.6 is 0 Å². The van der Waals surface area contributed by atoms with E-state index in [0.717, 1.165) is 18.2 Å². The van der Waals surface area contributed by atoms with Crippen LogP contribution in [0.15, 0.2) is 30.3 Å². The van der Waals surface area contributed by atoms with Gasteiger partial charge in [-0.15, -0.1) is 0 Å². The summed E-state index contributed by atoms with van der Waals surface area (Å²) in [4.78, 5) is 33.4. The Labute approximate surface area is 221 Å². The molecule has 2 heterocycles. The number of hydrogen-bond acceptors (Lipinski definition) is 10. The zero-order valence-electron chi connectivity index (χ0n) is 22.7. The van der Waals surface area contributed by atoms with E-state index in [1.54, 1.807) is 19.0 Å². The van der Waals surface area contributed by atoms with E-state index in [1.807, 2.05) is 41.5 Å². The number of epoxide rings is 1. The Balaban J connectivity index is 1.60. The summed E-state index contributed by atoms with van der Waals surface area (Å²) >= 11 is 0. The molecule has 0 spiro atoms. The van der Waals surface area contributed by atoms with Crippen molar-refractivity contribution in [2.75, 3.05) is 0 Å². The number of esters is 1. The molecule has 0 radical (unpaired) electrons.